The van der Waals surface area contributed by atoms with Crippen molar-refractivity contribution in [3.63, 3.8) is 0 Å². The number of nitrogens with zero attached hydrogens (tertiary/aromatic N) is 1. The Morgan fingerprint density at radius 2 is 1.68 bits per heavy atom. The van der Waals surface area contributed by atoms with E-state index in [2.05, 4.69) is 27.9 Å². The van der Waals surface area contributed by atoms with Gasteiger partial charge in [0, 0.05) is 0 Å². The molecule has 37 heavy (non-hydrogen) atoms. The molecule has 1 aliphatic rings. The first-order valence-corrected chi connectivity index (χ1v) is 12.5. The summed E-state index contributed by atoms with van der Waals surface area (Å²) in [7, 11) is 2.99. The number of carbonyl (C=O) groups is 3. The average Bonchev–Trinajstić information content (AvgIpc) is 2.88. The molecule has 190 valence electrons. The molecule has 11 heteroatoms. The van der Waals surface area contributed by atoms with E-state index in [4.69, 9.17) is 37.4 Å². The normalized spacial score (nSPS) is 14.6. The molecule has 8 nitrogen and oxygen atoms in total. The number of ether oxygens (including phenoxy) is 3. The maximum Gasteiger partial charge on any atom is 0.335 e. The molecule has 0 saturated carbocycles. The van der Waals surface area contributed by atoms with E-state index < -0.39 is 17.8 Å². The van der Waals surface area contributed by atoms with E-state index in [1.165, 1.54) is 20.3 Å². The quantitative estimate of drug-likeness (QED) is 0.195. The van der Waals surface area contributed by atoms with Crippen LogP contribution in [0.1, 0.15) is 11.1 Å². The highest BCUT2D eigenvalue weighted by atomic mass is 127. The molecule has 3 aromatic rings. The number of hydrogen-bond donors (Lipinski definition) is 1. The van der Waals surface area contributed by atoms with Crippen LogP contribution < -0.4 is 24.4 Å². The number of barbiturate groups is 1. The third-order valence-electron chi connectivity index (χ3n) is 5.36. The highest BCUT2D eigenvalue weighted by Gasteiger charge is 2.37. The molecular formula is C26H19Cl2IN2O6. The number of halogens is 3. The van der Waals surface area contributed by atoms with Crippen molar-refractivity contribution in [1.29, 1.82) is 0 Å². The summed E-state index contributed by atoms with van der Waals surface area (Å²) in [6, 6.07) is 14.1. The van der Waals surface area contributed by atoms with Crippen molar-refractivity contribution in [3.8, 4) is 17.2 Å². The monoisotopic (exact) mass is 652 g/mol. The summed E-state index contributed by atoms with van der Waals surface area (Å²) >= 11 is 14.1. The number of benzene rings is 3. The molecule has 0 radical (unpaired) electrons. The molecule has 0 atom stereocenters. The van der Waals surface area contributed by atoms with Crippen LogP contribution in [0.4, 0.5) is 10.5 Å². The van der Waals surface area contributed by atoms with Crippen molar-refractivity contribution in [2.45, 2.75) is 6.61 Å². The van der Waals surface area contributed by atoms with E-state index in [0.717, 1.165) is 10.5 Å². The summed E-state index contributed by atoms with van der Waals surface area (Å²) in [4.78, 5) is 39.1. The number of imide groups is 2. The van der Waals surface area contributed by atoms with Gasteiger partial charge in [-0.3, -0.25) is 14.9 Å². The predicted molar refractivity (Wildman–Crippen MR) is 149 cm³/mol. The first-order valence-electron chi connectivity index (χ1n) is 10.7. The maximum atomic E-state index is 13.2. The molecule has 0 unspecified atom stereocenters. The fourth-order valence-corrected chi connectivity index (χ4v) is 4.64. The largest absolute Gasteiger partial charge is 0.497 e. The van der Waals surface area contributed by atoms with Gasteiger partial charge in [0.1, 0.15) is 17.9 Å². The molecule has 1 saturated heterocycles. The molecule has 1 N–H and O–H groups in total. The van der Waals surface area contributed by atoms with Gasteiger partial charge in [0.2, 0.25) is 0 Å². The third-order valence-corrected chi connectivity index (χ3v) is 6.90. The second-order valence-electron chi connectivity index (χ2n) is 7.73. The molecule has 1 aliphatic heterocycles. The molecule has 4 amide bonds. The number of amides is 4. The lowest BCUT2D eigenvalue weighted by molar-refractivity contribution is -0.122. The molecular weight excluding hydrogens is 634 g/mol. The molecule has 0 aromatic heterocycles. The molecule has 1 heterocycles. The van der Waals surface area contributed by atoms with Crippen LogP contribution in [-0.2, 0) is 16.2 Å². The van der Waals surface area contributed by atoms with Crippen LogP contribution in [0.15, 0.2) is 60.2 Å². The molecule has 3 aromatic carbocycles. The molecule has 0 spiro atoms. The Balaban J connectivity index is 1.62. The topological polar surface area (TPSA) is 94.2 Å². The van der Waals surface area contributed by atoms with E-state index in [1.807, 2.05) is 0 Å². The van der Waals surface area contributed by atoms with Crippen LogP contribution >= 0.6 is 45.8 Å². The van der Waals surface area contributed by atoms with Crippen molar-refractivity contribution >= 4 is 75.4 Å². The van der Waals surface area contributed by atoms with Crippen molar-refractivity contribution in [2.75, 3.05) is 19.1 Å². The molecule has 1 fully saturated rings. The van der Waals surface area contributed by atoms with Gasteiger partial charge in [0.25, 0.3) is 11.8 Å². The van der Waals surface area contributed by atoms with Gasteiger partial charge in [-0.1, -0.05) is 29.3 Å². The first kappa shape index (κ1) is 26.8. The number of methoxy groups -OCH3 is 2. The Kier molecular flexibility index (Phi) is 8.25. The van der Waals surface area contributed by atoms with Crippen molar-refractivity contribution in [2.24, 2.45) is 0 Å². The van der Waals surface area contributed by atoms with Crippen molar-refractivity contribution < 1.29 is 28.6 Å². The fraction of sp³-hybridized carbons (Fsp3) is 0.115. The van der Waals surface area contributed by atoms with Crippen LogP contribution in [0.2, 0.25) is 10.0 Å². The Labute approximate surface area is 236 Å². The number of nitrogens with one attached hydrogen (secondary N) is 1. The Morgan fingerprint density at radius 3 is 2.32 bits per heavy atom. The summed E-state index contributed by atoms with van der Waals surface area (Å²) in [5.41, 5.74) is 1.40. The summed E-state index contributed by atoms with van der Waals surface area (Å²) in [5.74, 6) is -0.124. The second kappa shape index (κ2) is 11.4. The number of urea groups is 1. The van der Waals surface area contributed by atoms with Gasteiger partial charge in [-0.2, -0.15) is 0 Å². The zero-order valence-electron chi connectivity index (χ0n) is 19.5. The van der Waals surface area contributed by atoms with Crippen LogP contribution in [0.5, 0.6) is 17.2 Å². The highest BCUT2D eigenvalue weighted by Crippen LogP contribution is 2.36. The number of anilines is 1. The summed E-state index contributed by atoms with van der Waals surface area (Å²) in [6.45, 7) is 0.212. The lowest BCUT2D eigenvalue weighted by Gasteiger charge is -2.26. The van der Waals surface area contributed by atoms with Gasteiger partial charge in [-0.25, -0.2) is 9.69 Å². The second-order valence-corrected chi connectivity index (χ2v) is 9.70. The lowest BCUT2D eigenvalue weighted by atomic mass is 10.1. The number of hydrogen-bond acceptors (Lipinski definition) is 6. The zero-order chi connectivity index (χ0) is 26.7. The Morgan fingerprint density at radius 1 is 0.946 bits per heavy atom. The van der Waals surface area contributed by atoms with E-state index in [0.29, 0.717) is 42.1 Å². The van der Waals surface area contributed by atoms with Crippen LogP contribution in [0.25, 0.3) is 6.08 Å². The summed E-state index contributed by atoms with van der Waals surface area (Å²) in [5, 5.41) is 3.08. The van der Waals surface area contributed by atoms with E-state index in [-0.39, 0.29) is 12.2 Å². The van der Waals surface area contributed by atoms with Crippen LogP contribution in [0, 0.1) is 3.57 Å². The van der Waals surface area contributed by atoms with Crippen molar-refractivity contribution in [1.82, 2.24) is 5.32 Å². The molecule has 0 aliphatic carbocycles. The summed E-state index contributed by atoms with van der Waals surface area (Å²) < 4.78 is 17.3. The van der Waals surface area contributed by atoms with Crippen LogP contribution in [0.3, 0.4) is 0 Å². The van der Waals surface area contributed by atoms with Gasteiger partial charge >= 0.3 is 6.03 Å². The zero-order valence-corrected chi connectivity index (χ0v) is 23.2. The standard InChI is InChI=1S/C26H19Cl2IN2O6/c1-35-17-6-4-16(5-7-17)31-25(33)18(24(32)30-26(31)34)9-15-11-21(29)23(22(12-15)36-2)37-13-14-3-8-19(27)20(28)10-14/h3-12H,13H2,1-2H3,(H,30,32,34)/b18-9+. The summed E-state index contributed by atoms with van der Waals surface area (Å²) in [6.07, 6.45) is 1.40. The first-order chi connectivity index (χ1) is 17.7. The van der Waals surface area contributed by atoms with E-state index in [9.17, 15) is 14.4 Å². The fourth-order valence-electron chi connectivity index (χ4n) is 3.54. The van der Waals surface area contributed by atoms with E-state index >= 15 is 0 Å². The Bertz CT molecular complexity index is 1430. The molecule has 4 rings (SSSR count). The van der Waals surface area contributed by atoms with Gasteiger partial charge in [-0.05, 0) is 88.3 Å². The lowest BCUT2D eigenvalue weighted by Crippen LogP contribution is -2.54. The SMILES string of the molecule is COc1ccc(N2C(=O)NC(=O)/C(=C\c3cc(I)c(OCc4ccc(Cl)c(Cl)c4)c(OC)c3)C2=O)cc1. The van der Waals surface area contributed by atoms with Gasteiger partial charge in [-0.15, -0.1) is 0 Å². The maximum absolute atomic E-state index is 13.2. The van der Waals surface area contributed by atoms with Gasteiger partial charge in [0.15, 0.2) is 11.5 Å². The third kappa shape index (κ3) is 5.84. The number of rotatable bonds is 7. The Hall–Kier alpha value is -3.28. The minimum absolute atomic E-state index is 0.210. The van der Waals surface area contributed by atoms with Gasteiger partial charge in [0.05, 0.1) is 33.5 Å². The predicted octanol–water partition coefficient (Wildman–Crippen LogP) is 5.86. The smallest absolute Gasteiger partial charge is 0.335 e. The van der Waals surface area contributed by atoms with Crippen molar-refractivity contribution in [3.05, 3.63) is 84.9 Å². The van der Waals surface area contributed by atoms with E-state index in [1.54, 1.807) is 54.6 Å². The highest BCUT2D eigenvalue weighted by molar-refractivity contribution is 14.1. The molecule has 0 bridgehead atoms. The average molecular weight is 653 g/mol. The minimum atomic E-state index is -0.837. The van der Waals surface area contributed by atoms with Crippen LogP contribution in [-0.4, -0.2) is 32.1 Å². The minimum Gasteiger partial charge on any atom is -0.497 e. The number of carbonyl (C=O) groups excluding carboxylic acids is 3. The van der Waals surface area contributed by atoms with Gasteiger partial charge < -0.3 is 14.2 Å².